The first-order chi connectivity index (χ1) is 13.5. The fraction of sp³-hybridized carbons (Fsp3) is 0.632. The van der Waals surface area contributed by atoms with Crippen LogP contribution in [0.3, 0.4) is 0 Å². The fourth-order valence-corrected chi connectivity index (χ4v) is 3.67. The maximum atomic E-state index is 12.7. The molecule has 28 heavy (non-hydrogen) atoms. The first-order valence-electron chi connectivity index (χ1n) is 9.69. The number of carboxylic acids is 1. The van der Waals surface area contributed by atoms with Crippen molar-refractivity contribution in [3.05, 3.63) is 24.4 Å². The summed E-state index contributed by atoms with van der Waals surface area (Å²) in [4.78, 5) is 35.9. The molecule has 0 aromatic carbocycles. The fourth-order valence-electron chi connectivity index (χ4n) is 3.67. The number of ether oxygens (including phenoxy) is 1. The first-order valence-corrected chi connectivity index (χ1v) is 9.69. The number of anilines is 1. The highest BCUT2D eigenvalue weighted by molar-refractivity contribution is 5.78. The number of likely N-dealkylation sites (N-methyl/N-ethyl adjacent to an activating group) is 1. The molecule has 2 saturated heterocycles. The van der Waals surface area contributed by atoms with Gasteiger partial charge in [0, 0.05) is 52.0 Å². The molecular formula is C19H29N5O4. The summed E-state index contributed by atoms with van der Waals surface area (Å²) in [5.74, 6) is 0.228. The molecule has 154 valence electrons. The highest BCUT2D eigenvalue weighted by Crippen LogP contribution is 2.13. The number of morpholine rings is 1. The third kappa shape index (κ3) is 5.88. The number of carboxylic acid groups (broad SMARTS) is 1. The zero-order valence-corrected chi connectivity index (χ0v) is 16.4. The summed E-state index contributed by atoms with van der Waals surface area (Å²) in [7, 11) is 1.75. The van der Waals surface area contributed by atoms with E-state index in [1.807, 2.05) is 23.1 Å². The molecule has 1 unspecified atom stereocenters. The second-order valence-electron chi connectivity index (χ2n) is 7.37. The molecule has 1 atom stereocenters. The molecule has 1 amide bonds. The lowest BCUT2D eigenvalue weighted by Crippen LogP contribution is -2.54. The number of pyridine rings is 1. The minimum atomic E-state index is -0.865. The Morgan fingerprint density at radius 2 is 2.04 bits per heavy atom. The van der Waals surface area contributed by atoms with Crippen molar-refractivity contribution in [2.24, 2.45) is 0 Å². The van der Waals surface area contributed by atoms with Crippen molar-refractivity contribution >= 4 is 17.7 Å². The summed E-state index contributed by atoms with van der Waals surface area (Å²) < 4.78 is 5.71. The van der Waals surface area contributed by atoms with Gasteiger partial charge in [0.25, 0.3) is 0 Å². The Kier molecular flexibility index (Phi) is 7.18. The lowest BCUT2D eigenvalue weighted by Gasteiger charge is -2.38. The summed E-state index contributed by atoms with van der Waals surface area (Å²) in [5, 5.41) is 8.87. The molecule has 0 saturated carbocycles. The number of piperazine rings is 1. The van der Waals surface area contributed by atoms with Gasteiger partial charge in [0.15, 0.2) is 0 Å². The van der Waals surface area contributed by atoms with E-state index in [1.54, 1.807) is 18.1 Å². The molecule has 2 fully saturated rings. The Labute approximate surface area is 165 Å². The van der Waals surface area contributed by atoms with Crippen LogP contribution in [-0.2, 0) is 14.3 Å². The number of hydrogen-bond donors (Lipinski definition) is 1. The second-order valence-corrected chi connectivity index (χ2v) is 7.37. The molecule has 3 rings (SSSR count). The van der Waals surface area contributed by atoms with Crippen LogP contribution in [0.5, 0.6) is 0 Å². The van der Waals surface area contributed by atoms with Crippen LogP contribution in [-0.4, -0.2) is 115 Å². The largest absolute Gasteiger partial charge is 0.480 e. The topological polar surface area (TPSA) is 89.5 Å². The molecule has 3 heterocycles. The van der Waals surface area contributed by atoms with E-state index in [0.717, 1.165) is 32.0 Å². The van der Waals surface area contributed by atoms with E-state index in [9.17, 15) is 9.59 Å². The summed E-state index contributed by atoms with van der Waals surface area (Å²) in [6, 6.07) is 5.91. The number of carbonyl (C=O) groups is 2. The number of carbonyl (C=O) groups excluding carboxylic acids is 1. The van der Waals surface area contributed by atoms with Crippen LogP contribution in [0.1, 0.15) is 0 Å². The molecule has 0 aliphatic carbocycles. The molecule has 9 nitrogen and oxygen atoms in total. The SMILES string of the molecule is CN(CC(=O)O)CC1CN(C(=O)CN2CCN(c3ccccn3)CC2)CCO1. The number of amides is 1. The van der Waals surface area contributed by atoms with Crippen molar-refractivity contribution in [3.63, 3.8) is 0 Å². The summed E-state index contributed by atoms with van der Waals surface area (Å²) in [6.45, 7) is 5.84. The summed E-state index contributed by atoms with van der Waals surface area (Å²) in [6.07, 6.45) is 1.65. The van der Waals surface area contributed by atoms with Crippen molar-refractivity contribution in [2.75, 3.05) is 77.5 Å². The highest BCUT2D eigenvalue weighted by Gasteiger charge is 2.27. The van der Waals surface area contributed by atoms with E-state index in [2.05, 4.69) is 14.8 Å². The monoisotopic (exact) mass is 391 g/mol. The highest BCUT2D eigenvalue weighted by atomic mass is 16.5. The van der Waals surface area contributed by atoms with Crippen LogP contribution in [0, 0.1) is 0 Å². The normalized spacial score (nSPS) is 21.1. The van der Waals surface area contributed by atoms with Crippen LogP contribution >= 0.6 is 0 Å². The van der Waals surface area contributed by atoms with Crippen molar-refractivity contribution in [1.29, 1.82) is 0 Å². The van der Waals surface area contributed by atoms with Gasteiger partial charge in [-0.2, -0.15) is 0 Å². The van der Waals surface area contributed by atoms with E-state index in [-0.39, 0.29) is 18.6 Å². The van der Waals surface area contributed by atoms with Gasteiger partial charge < -0.3 is 19.6 Å². The first kappa shape index (κ1) is 20.5. The number of hydrogen-bond acceptors (Lipinski definition) is 7. The standard InChI is InChI=1S/C19H29N5O4/c1-21(15-19(26)27)12-16-13-24(10-11-28-16)18(25)14-22-6-8-23(9-7-22)17-4-2-3-5-20-17/h2-5,16H,6-15H2,1H3,(H,26,27). The average Bonchev–Trinajstić information content (AvgIpc) is 2.69. The van der Waals surface area contributed by atoms with Crippen molar-refractivity contribution in [2.45, 2.75) is 6.10 Å². The number of aliphatic carboxylic acids is 1. The Morgan fingerprint density at radius 3 is 2.71 bits per heavy atom. The minimum absolute atomic E-state index is 0.0334. The minimum Gasteiger partial charge on any atom is -0.480 e. The molecule has 0 radical (unpaired) electrons. The van der Waals surface area contributed by atoms with E-state index in [4.69, 9.17) is 9.84 Å². The van der Waals surface area contributed by atoms with Gasteiger partial charge in [0.1, 0.15) is 5.82 Å². The van der Waals surface area contributed by atoms with Gasteiger partial charge in [-0.3, -0.25) is 19.4 Å². The van der Waals surface area contributed by atoms with Gasteiger partial charge >= 0.3 is 5.97 Å². The van der Waals surface area contributed by atoms with Gasteiger partial charge in [0.05, 0.1) is 25.8 Å². The second kappa shape index (κ2) is 9.81. The van der Waals surface area contributed by atoms with Crippen molar-refractivity contribution in [3.8, 4) is 0 Å². The Balaban J connectivity index is 1.42. The maximum Gasteiger partial charge on any atom is 0.317 e. The van der Waals surface area contributed by atoms with Crippen molar-refractivity contribution < 1.29 is 19.4 Å². The zero-order valence-electron chi connectivity index (χ0n) is 16.4. The molecule has 9 heteroatoms. The number of aromatic nitrogens is 1. The third-order valence-electron chi connectivity index (χ3n) is 5.12. The molecule has 2 aliphatic rings. The Hall–Kier alpha value is -2.23. The van der Waals surface area contributed by atoms with E-state index in [0.29, 0.717) is 32.8 Å². The smallest absolute Gasteiger partial charge is 0.317 e. The molecule has 1 aromatic rings. The van der Waals surface area contributed by atoms with Crippen LogP contribution in [0.2, 0.25) is 0 Å². The molecule has 2 aliphatic heterocycles. The van der Waals surface area contributed by atoms with E-state index >= 15 is 0 Å². The predicted octanol–water partition coefficient (Wildman–Crippen LogP) is -0.553. The molecular weight excluding hydrogens is 362 g/mol. The van der Waals surface area contributed by atoms with Crippen LogP contribution in [0.25, 0.3) is 0 Å². The lowest BCUT2D eigenvalue weighted by molar-refractivity contribution is -0.143. The Bertz CT molecular complexity index is 651. The number of rotatable bonds is 7. The zero-order chi connectivity index (χ0) is 19.9. The average molecular weight is 391 g/mol. The van der Waals surface area contributed by atoms with Crippen LogP contribution in [0.15, 0.2) is 24.4 Å². The van der Waals surface area contributed by atoms with E-state index in [1.165, 1.54) is 0 Å². The Morgan fingerprint density at radius 1 is 1.25 bits per heavy atom. The molecule has 1 aromatic heterocycles. The quantitative estimate of drug-likeness (QED) is 0.662. The van der Waals surface area contributed by atoms with Gasteiger partial charge in [-0.05, 0) is 19.2 Å². The third-order valence-corrected chi connectivity index (χ3v) is 5.12. The molecule has 0 spiro atoms. The van der Waals surface area contributed by atoms with Gasteiger partial charge in [-0.1, -0.05) is 6.07 Å². The molecule has 0 bridgehead atoms. The summed E-state index contributed by atoms with van der Waals surface area (Å²) in [5.41, 5.74) is 0. The lowest BCUT2D eigenvalue weighted by atomic mass is 10.2. The van der Waals surface area contributed by atoms with Crippen LogP contribution < -0.4 is 4.90 Å². The van der Waals surface area contributed by atoms with Gasteiger partial charge in [0.2, 0.25) is 5.91 Å². The van der Waals surface area contributed by atoms with E-state index < -0.39 is 5.97 Å². The number of nitrogens with zero attached hydrogens (tertiary/aromatic N) is 5. The molecule has 1 N–H and O–H groups in total. The van der Waals surface area contributed by atoms with Crippen LogP contribution in [0.4, 0.5) is 5.82 Å². The van der Waals surface area contributed by atoms with Crippen molar-refractivity contribution in [1.82, 2.24) is 19.7 Å². The van der Waals surface area contributed by atoms with Gasteiger partial charge in [-0.15, -0.1) is 0 Å². The van der Waals surface area contributed by atoms with Gasteiger partial charge in [-0.25, -0.2) is 4.98 Å². The maximum absolute atomic E-state index is 12.7. The predicted molar refractivity (Wildman–Crippen MR) is 104 cm³/mol. The summed E-state index contributed by atoms with van der Waals surface area (Å²) >= 11 is 0.